The lowest BCUT2D eigenvalue weighted by molar-refractivity contribution is -0.135. The van der Waals surface area contributed by atoms with Crippen molar-refractivity contribution >= 4 is 29.5 Å². The Hall–Kier alpha value is -4.22. The molecule has 40 heavy (non-hydrogen) atoms. The zero-order valence-corrected chi connectivity index (χ0v) is 23.7. The number of benzene rings is 1. The van der Waals surface area contributed by atoms with E-state index in [4.69, 9.17) is 5.73 Å². The average Bonchev–Trinajstić information content (AvgIpc) is 3.38. The molecule has 1 aromatic carbocycles. The fourth-order valence-corrected chi connectivity index (χ4v) is 4.17. The molecule has 218 valence electrons. The summed E-state index contributed by atoms with van der Waals surface area (Å²) in [4.78, 5) is 70.4. The third-order valence-electron chi connectivity index (χ3n) is 6.20. The van der Waals surface area contributed by atoms with Crippen molar-refractivity contribution in [3.05, 3.63) is 54.1 Å². The summed E-state index contributed by atoms with van der Waals surface area (Å²) in [6.07, 6.45) is 3.62. The van der Waals surface area contributed by atoms with Crippen LogP contribution < -0.4 is 27.0 Å². The highest BCUT2D eigenvalue weighted by Gasteiger charge is 2.32. The van der Waals surface area contributed by atoms with Crippen LogP contribution in [-0.2, 0) is 36.8 Å². The Labute approximate surface area is 234 Å². The zero-order chi connectivity index (χ0) is 29.8. The molecule has 0 aliphatic carbocycles. The van der Waals surface area contributed by atoms with E-state index < -0.39 is 47.8 Å². The van der Waals surface area contributed by atoms with Gasteiger partial charge in [0.05, 0.1) is 6.33 Å². The number of nitrogens with zero attached hydrogens (tertiary/aromatic N) is 1. The molecule has 5 amide bonds. The van der Waals surface area contributed by atoms with Crippen LogP contribution in [0, 0.1) is 11.8 Å². The van der Waals surface area contributed by atoms with Gasteiger partial charge in [-0.2, -0.15) is 0 Å². The van der Waals surface area contributed by atoms with E-state index >= 15 is 0 Å². The summed E-state index contributed by atoms with van der Waals surface area (Å²) < 4.78 is 0. The first-order chi connectivity index (χ1) is 18.9. The second-order valence-corrected chi connectivity index (χ2v) is 10.6. The predicted octanol–water partition coefficient (Wildman–Crippen LogP) is 0.341. The van der Waals surface area contributed by atoms with Crippen LogP contribution in [0.3, 0.4) is 0 Å². The summed E-state index contributed by atoms with van der Waals surface area (Å²) in [6, 6.07) is 5.33. The number of nitrogens with one attached hydrogen (secondary N) is 5. The normalized spacial score (nSPS) is 14.1. The monoisotopic (exact) mass is 555 g/mol. The van der Waals surface area contributed by atoms with E-state index in [1.807, 2.05) is 44.2 Å². The summed E-state index contributed by atoms with van der Waals surface area (Å²) >= 11 is 0. The van der Waals surface area contributed by atoms with E-state index in [-0.39, 0.29) is 30.6 Å². The van der Waals surface area contributed by atoms with Gasteiger partial charge in [0.2, 0.25) is 29.5 Å². The minimum atomic E-state index is -1.02. The molecule has 12 nitrogen and oxygen atoms in total. The van der Waals surface area contributed by atoms with Gasteiger partial charge >= 0.3 is 0 Å². The van der Waals surface area contributed by atoms with Crippen molar-refractivity contribution in [3.63, 3.8) is 0 Å². The smallest absolute Gasteiger partial charge is 0.243 e. The third-order valence-corrected chi connectivity index (χ3v) is 6.20. The Bertz CT molecular complexity index is 1140. The maximum atomic E-state index is 13.4. The molecule has 0 spiro atoms. The first-order valence-electron chi connectivity index (χ1n) is 13.4. The van der Waals surface area contributed by atoms with Crippen LogP contribution in [-0.4, -0.2) is 63.7 Å². The molecule has 7 N–H and O–H groups in total. The maximum absolute atomic E-state index is 13.4. The van der Waals surface area contributed by atoms with Crippen LogP contribution in [0.1, 0.15) is 52.3 Å². The standard InChI is InChI=1S/C28H41N7O5/c1-16(2)11-22(34-26(38)23(32-18(5)36)12-19-9-7-6-8-10-19)27(39)35-24(17(3)4)28(40)33-21(25(29)37)13-20-14-30-15-31-20/h6-10,14-17,21-24H,11-13H2,1-5H3,(H2,29,37)(H,30,31)(H,32,36)(H,33,40)(H,34,38)(H,35,39)/t21-,22-,23-,24-/m0/s1. The summed E-state index contributed by atoms with van der Waals surface area (Å²) in [5.74, 6) is -3.07. The summed E-state index contributed by atoms with van der Waals surface area (Å²) in [7, 11) is 0. The van der Waals surface area contributed by atoms with E-state index in [1.165, 1.54) is 19.4 Å². The molecule has 4 atom stereocenters. The Morgan fingerprint density at radius 3 is 1.98 bits per heavy atom. The van der Waals surface area contributed by atoms with Gasteiger partial charge in [0.1, 0.15) is 24.2 Å². The number of imidazole rings is 1. The van der Waals surface area contributed by atoms with Crippen molar-refractivity contribution in [2.75, 3.05) is 0 Å². The highest BCUT2D eigenvalue weighted by molar-refractivity contribution is 5.95. The van der Waals surface area contributed by atoms with E-state index in [9.17, 15) is 24.0 Å². The van der Waals surface area contributed by atoms with Gasteiger partial charge in [-0.25, -0.2) is 4.98 Å². The van der Waals surface area contributed by atoms with Crippen molar-refractivity contribution < 1.29 is 24.0 Å². The number of carbonyl (C=O) groups excluding carboxylic acids is 5. The minimum Gasteiger partial charge on any atom is -0.368 e. The van der Waals surface area contributed by atoms with Gasteiger partial charge in [-0.15, -0.1) is 0 Å². The number of carbonyl (C=O) groups is 5. The molecule has 0 fully saturated rings. The number of rotatable bonds is 15. The fraction of sp³-hybridized carbons (Fsp3) is 0.500. The van der Waals surface area contributed by atoms with Gasteiger partial charge in [0, 0.05) is 31.7 Å². The number of amides is 5. The van der Waals surface area contributed by atoms with E-state index in [1.54, 1.807) is 13.8 Å². The molecule has 0 saturated heterocycles. The Morgan fingerprint density at radius 2 is 1.45 bits per heavy atom. The van der Waals surface area contributed by atoms with Crippen LogP contribution in [0.15, 0.2) is 42.9 Å². The molecule has 0 radical (unpaired) electrons. The zero-order valence-electron chi connectivity index (χ0n) is 23.7. The van der Waals surface area contributed by atoms with Crippen molar-refractivity contribution in [2.24, 2.45) is 17.6 Å². The number of hydrogen-bond donors (Lipinski definition) is 6. The maximum Gasteiger partial charge on any atom is 0.243 e. The molecule has 1 heterocycles. The lowest BCUT2D eigenvalue weighted by Crippen LogP contribution is -2.59. The summed E-state index contributed by atoms with van der Waals surface area (Å²) in [5.41, 5.74) is 6.96. The molecular weight excluding hydrogens is 514 g/mol. The topological polar surface area (TPSA) is 188 Å². The number of aromatic amines is 1. The van der Waals surface area contributed by atoms with Crippen LogP contribution in [0.4, 0.5) is 0 Å². The second-order valence-electron chi connectivity index (χ2n) is 10.6. The molecule has 0 unspecified atom stereocenters. The molecule has 0 aliphatic rings. The second kappa shape index (κ2) is 15.4. The highest BCUT2D eigenvalue weighted by atomic mass is 16.2. The summed E-state index contributed by atoms with van der Waals surface area (Å²) in [6.45, 7) is 8.63. The fourth-order valence-electron chi connectivity index (χ4n) is 4.17. The first-order valence-corrected chi connectivity index (χ1v) is 13.4. The predicted molar refractivity (Wildman–Crippen MR) is 149 cm³/mol. The molecule has 2 rings (SSSR count). The van der Waals surface area contributed by atoms with Crippen LogP contribution in [0.5, 0.6) is 0 Å². The minimum absolute atomic E-state index is 0.0318. The number of H-pyrrole nitrogens is 1. The average molecular weight is 556 g/mol. The van der Waals surface area contributed by atoms with Crippen LogP contribution in [0.25, 0.3) is 0 Å². The molecule has 12 heteroatoms. The SMILES string of the molecule is CC(=O)N[C@@H](Cc1ccccc1)C(=O)N[C@@H](CC(C)C)C(=O)N[C@H](C(=O)N[C@@H](Cc1cnc[nH]1)C(N)=O)C(C)C. The van der Waals surface area contributed by atoms with Gasteiger partial charge in [0.15, 0.2) is 0 Å². The van der Waals surface area contributed by atoms with E-state index in [2.05, 4.69) is 31.2 Å². The largest absolute Gasteiger partial charge is 0.368 e. The molecule has 0 bridgehead atoms. The van der Waals surface area contributed by atoms with Gasteiger partial charge < -0.3 is 32.0 Å². The van der Waals surface area contributed by atoms with Crippen molar-refractivity contribution in [1.82, 2.24) is 31.2 Å². The Kier molecular flexibility index (Phi) is 12.3. The molecular formula is C28H41N7O5. The molecule has 2 aromatic rings. The van der Waals surface area contributed by atoms with Gasteiger partial charge in [-0.3, -0.25) is 24.0 Å². The molecule has 0 saturated carbocycles. The van der Waals surface area contributed by atoms with Crippen molar-refractivity contribution in [1.29, 1.82) is 0 Å². The van der Waals surface area contributed by atoms with Gasteiger partial charge in [-0.1, -0.05) is 58.0 Å². The first kappa shape index (κ1) is 32.0. The number of aromatic nitrogens is 2. The van der Waals surface area contributed by atoms with Gasteiger partial charge in [-0.05, 0) is 23.8 Å². The van der Waals surface area contributed by atoms with E-state index in [0.717, 1.165) is 5.56 Å². The Balaban J connectivity index is 2.17. The van der Waals surface area contributed by atoms with Gasteiger partial charge in [0.25, 0.3) is 0 Å². The lowest BCUT2D eigenvalue weighted by Gasteiger charge is -2.28. The number of nitrogens with two attached hydrogens (primary N) is 1. The lowest BCUT2D eigenvalue weighted by atomic mass is 9.98. The van der Waals surface area contributed by atoms with E-state index in [0.29, 0.717) is 12.1 Å². The Morgan fingerprint density at radius 1 is 0.825 bits per heavy atom. The quantitative estimate of drug-likeness (QED) is 0.184. The summed E-state index contributed by atoms with van der Waals surface area (Å²) in [5, 5.41) is 10.8. The van der Waals surface area contributed by atoms with Crippen molar-refractivity contribution in [2.45, 2.75) is 78.0 Å². The number of primary amides is 1. The highest BCUT2D eigenvalue weighted by Crippen LogP contribution is 2.10. The molecule has 1 aromatic heterocycles. The van der Waals surface area contributed by atoms with Crippen molar-refractivity contribution in [3.8, 4) is 0 Å². The molecule has 0 aliphatic heterocycles. The van der Waals surface area contributed by atoms with Crippen LogP contribution >= 0.6 is 0 Å². The third kappa shape index (κ3) is 10.5. The number of hydrogen-bond acceptors (Lipinski definition) is 6. The van der Waals surface area contributed by atoms with Crippen LogP contribution in [0.2, 0.25) is 0 Å².